The number of fused-ring (bicyclic) bond motifs is 5. The zero-order valence-corrected chi connectivity index (χ0v) is 20.5. The van der Waals surface area contributed by atoms with Crippen molar-refractivity contribution < 1.29 is 19.4 Å². The lowest BCUT2D eigenvalue weighted by molar-refractivity contribution is -0.162. The van der Waals surface area contributed by atoms with Crippen molar-refractivity contribution in [1.82, 2.24) is 0 Å². The third kappa shape index (κ3) is 3.68. The molecular weight excluding hydrogens is 412 g/mol. The molecule has 0 radical (unpaired) electrons. The molecule has 180 valence electrons. The molecule has 1 N–H and O–H groups in total. The van der Waals surface area contributed by atoms with E-state index in [1.54, 1.807) is 12.1 Å². The summed E-state index contributed by atoms with van der Waals surface area (Å²) in [6.45, 7) is 6.83. The first-order chi connectivity index (χ1) is 15.8. The van der Waals surface area contributed by atoms with Gasteiger partial charge in [0.25, 0.3) is 0 Å². The van der Waals surface area contributed by atoms with Crippen molar-refractivity contribution in [2.24, 2.45) is 40.4 Å². The van der Waals surface area contributed by atoms with Gasteiger partial charge in [-0.15, -0.1) is 0 Å². The molecule has 4 aliphatic carbocycles. The smallest absolute Gasteiger partial charge is 0.338 e. The number of esters is 1. The topological polar surface area (TPSA) is 63.6 Å². The number of Topliss-reactive ketones (excluding diaryl/α,β-unsaturated/α-hetero) is 1. The SMILES string of the molecule is CCC(=O)[C@H]1CC[C@H]2[C@@H]3CC[C@H]4C[C@H](O)[C@@H](OC(=O)c5ccccc5)C[C@]4(C)[C@H]3CC[C@]12C. The Morgan fingerprint density at radius 3 is 2.45 bits per heavy atom. The maximum absolute atomic E-state index is 12.8. The Morgan fingerprint density at radius 2 is 1.73 bits per heavy atom. The molecule has 4 fully saturated rings. The highest BCUT2D eigenvalue weighted by Gasteiger charge is 2.62. The Labute approximate surface area is 198 Å². The van der Waals surface area contributed by atoms with E-state index in [1.807, 2.05) is 25.1 Å². The van der Waals surface area contributed by atoms with Crippen LogP contribution in [0.4, 0.5) is 0 Å². The molecule has 0 unspecified atom stereocenters. The van der Waals surface area contributed by atoms with E-state index in [1.165, 1.54) is 12.8 Å². The Kier molecular flexibility index (Phi) is 5.96. The molecule has 5 rings (SSSR count). The first-order valence-electron chi connectivity index (χ1n) is 13.2. The molecule has 4 aliphatic rings. The number of aliphatic hydroxyl groups is 1. The fourth-order valence-electron chi connectivity index (χ4n) is 8.93. The molecule has 0 aliphatic heterocycles. The van der Waals surface area contributed by atoms with Crippen LogP contribution in [-0.4, -0.2) is 29.1 Å². The number of carbonyl (C=O) groups excluding carboxylic acids is 2. The first-order valence-corrected chi connectivity index (χ1v) is 13.2. The molecule has 1 aromatic carbocycles. The van der Waals surface area contributed by atoms with E-state index < -0.39 is 12.2 Å². The highest BCUT2D eigenvalue weighted by atomic mass is 16.6. The van der Waals surface area contributed by atoms with Crippen LogP contribution in [0.1, 0.15) is 88.9 Å². The molecule has 0 spiro atoms. The zero-order valence-electron chi connectivity index (χ0n) is 20.5. The number of rotatable bonds is 4. The van der Waals surface area contributed by atoms with Gasteiger partial charge in [-0.3, -0.25) is 4.79 Å². The van der Waals surface area contributed by atoms with Crippen molar-refractivity contribution >= 4 is 11.8 Å². The molecule has 9 atom stereocenters. The highest BCUT2D eigenvalue weighted by molar-refractivity contribution is 5.89. The molecule has 4 saturated carbocycles. The standard InChI is InChI=1S/C29H40O4/c1-4-24(30)23-13-12-21-20-11-10-19-16-25(31)26(33-27(32)18-8-6-5-7-9-18)17-29(19,3)22(20)14-15-28(21,23)2/h5-9,19-23,25-26,31H,4,10-17H2,1-3H3/t19-,20-,21-,22-,23+,25-,26-,28-,29-/m0/s1. The second-order valence-corrected chi connectivity index (χ2v) is 12.0. The lowest BCUT2D eigenvalue weighted by Crippen LogP contribution is -2.57. The molecule has 4 nitrogen and oxygen atoms in total. The average molecular weight is 453 g/mol. The van der Waals surface area contributed by atoms with Gasteiger partial charge in [-0.1, -0.05) is 39.0 Å². The predicted octanol–water partition coefficient (Wildman–Crippen LogP) is 5.82. The van der Waals surface area contributed by atoms with Crippen LogP contribution >= 0.6 is 0 Å². The van der Waals surface area contributed by atoms with Crippen LogP contribution in [-0.2, 0) is 9.53 Å². The summed E-state index contributed by atoms with van der Waals surface area (Å²) in [6.07, 6.45) is 8.02. The normalized spacial score (nSPS) is 44.3. The average Bonchev–Trinajstić information content (AvgIpc) is 3.17. The Hall–Kier alpha value is -1.68. The van der Waals surface area contributed by atoms with Crippen molar-refractivity contribution in [2.75, 3.05) is 0 Å². The number of aliphatic hydroxyl groups excluding tert-OH is 1. The van der Waals surface area contributed by atoms with Crippen molar-refractivity contribution in [3.63, 3.8) is 0 Å². The van der Waals surface area contributed by atoms with E-state index in [0.29, 0.717) is 41.4 Å². The molecule has 0 bridgehead atoms. The van der Waals surface area contributed by atoms with Crippen LogP contribution < -0.4 is 0 Å². The molecular formula is C29H40O4. The van der Waals surface area contributed by atoms with Crippen molar-refractivity contribution in [2.45, 2.75) is 90.8 Å². The highest BCUT2D eigenvalue weighted by Crippen LogP contribution is 2.67. The van der Waals surface area contributed by atoms with Gasteiger partial charge in [-0.2, -0.15) is 0 Å². The van der Waals surface area contributed by atoms with Gasteiger partial charge < -0.3 is 9.84 Å². The lowest BCUT2D eigenvalue weighted by Gasteiger charge is -2.61. The fraction of sp³-hybridized carbons (Fsp3) is 0.724. The Morgan fingerprint density at radius 1 is 1.00 bits per heavy atom. The van der Waals surface area contributed by atoms with E-state index in [4.69, 9.17) is 4.74 Å². The van der Waals surface area contributed by atoms with Crippen molar-refractivity contribution in [3.05, 3.63) is 35.9 Å². The zero-order chi connectivity index (χ0) is 23.4. The van der Waals surface area contributed by atoms with Crippen molar-refractivity contribution in [1.29, 1.82) is 0 Å². The van der Waals surface area contributed by atoms with E-state index in [-0.39, 0.29) is 22.7 Å². The number of ether oxygens (including phenoxy) is 1. The van der Waals surface area contributed by atoms with Gasteiger partial charge in [-0.05, 0) is 98.0 Å². The molecule has 1 aromatic rings. The van der Waals surface area contributed by atoms with Gasteiger partial charge in [0.15, 0.2) is 0 Å². The van der Waals surface area contributed by atoms with E-state index in [9.17, 15) is 14.7 Å². The minimum Gasteiger partial charge on any atom is -0.456 e. The molecule has 0 aromatic heterocycles. The summed E-state index contributed by atoms with van der Waals surface area (Å²) in [6, 6.07) is 9.12. The van der Waals surface area contributed by atoms with Crippen LogP contribution in [0.5, 0.6) is 0 Å². The van der Waals surface area contributed by atoms with Gasteiger partial charge in [0.1, 0.15) is 11.9 Å². The number of ketones is 1. The Balaban J connectivity index is 1.36. The number of carbonyl (C=O) groups is 2. The third-order valence-electron chi connectivity index (χ3n) is 10.7. The summed E-state index contributed by atoms with van der Waals surface area (Å²) in [5.74, 6) is 2.74. The molecule has 0 heterocycles. The largest absolute Gasteiger partial charge is 0.456 e. The molecule has 33 heavy (non-hydrogen) atoms. The lowest BCUT2D eigenvalue weighted by atomic mass is 9.44. The summed E-state index contributed by atoms with van der Waals surface area (Å²) in [7, 11) is 0. The maximum Gasteiger partial charge on any atom is 0.338 e. The van der Waals surface area contributed by atoms with Crippen LogP contribution in [0.3, 0.4) is 0 Å². The van der Waals surface area contributed by atoms with E-state index in [2.05, 4.69) is 13.8 Å². The summed E-state index contributed by atoms with van der Waals surface area (Å²) >= 11 is 0. The summed E-state index contributed by atoms with van der Waals surface area (Å²) in [5.41, 5.74) is 0.785. The number of benzene rings is 1. The van der Waals surface area contributed by atoms with E-state index in [0.717, 1.165) is 38.5 Å². The maximum atomic E-state index is 12.8. The fourth-order valence-corrected chi connectivity index (χ4v) is 8.93. The van der Waals surface area contributed by atoms with Gasteiger partial charge in [0.05, 0.1) is 11.7 Å². The summed E-state index contributed by atoms with van der Waals surface area (Å²) in [5, 5.41) is 10.9. The van der Waals surface area contributed by atoms with E-state index >= 15 is 0 Å². The predicted molar refractivity (Wildman–Crippen MR) is 128 cm³/mol. The number of hydrogen-bond acceptors (Lipinski definition) is 4. The minimum atomic E-state index is -0.584. The van der Waals surface area contributed by atoms with Crippen LogP contribution in [0, 0.1) is 40.4 Å². The van der Waals surface area contributed by atoms with Gasteiger partial charge in [0.2, 0.25) is 0 Å². The molecule has 0 saturated heterocycles. The van der Waals surface area contributed by atoms with Crippen LogP contribution in [0.15, 0.2) is 30.3 Å². The monoisotopic (exact) mass is 452 g/mol. The van der Waals surface area contributed by atoms with Crippen molar-refractivity contribution in [3.8, 4) is 0 Å². The second-order valence-electron chi connectivity index (χ2n) is 12.0. The quantitative estimate of drug-likeness (QED) is 0.585. The van der Waals surface area contributed by atoms with Gasteiger partial charge in [-0.25, -0.2) is 4.79 Å². The minimum absolute atomic E-state index is 0.0813. The molecule has 4 heteroatoms. The third-order valence-corrected chi connectivity index (χ3v) is 10.7. The first kappa shape index (κ1) is 23.1. The Bertz CT molecular complexity index is 896. The summed E-state index contributed by atoms with van der Waals surface area (Å²) in [4.78, 5) is 25.5. The van der Waals surface area contributed by atoms with Crippen LogP contribution in [0.2, 0.25) is 0 Å². The second kappa shape index (κ2) is 8.52. The van der Waals surface area contributed by atoms with Crippen LogP contribution in [0.25, 0.3) is 0 Å². The number of hydrogen-bond donors (Lipinski definition) is 1. The van der Waals surface area contributed by atoms with Gasteiger partial charge >= 0.3 is 5.97 Å². The molecule has 0 amide bonds. The summed E-state index contributed by atoms with van der Waals surface area (Å²) < 4.78 is 5.92. The van der Waals surface area contributed by atoms with Gasteiger partial charge in [0, 0.05) is 12.3 Å².